The zero-order chi connectivity index (χ0) is 15.4. The Labute approximate surface area is 131 Å². The van der Waals surface area contributed by atoms with E-state index >= 15 is 0 Å². The van der Waals surface area contributed by atoms with Crippen LogP contribution in [0.5, 0.6) is 0 Å². The highest BCUT2D eigenvalue weighted by atomic mass is 16.5. The monoisotopic (exact) mass is 306 g/mol. The minimum atomic E-state index is -0.135. The average Bonchev–Trinajstić information content (AvgIpc) is 2.50. The Morgan fingerprint density at radius 2 is 1.95 bits per heavy atom. The van der Waals surface area contributed by atoms with Gasteiger partial charge in [-0.25, -0.2) is 4.98 Å². The van der Waals surface area contributed by atoms with E-state index in [0.29, 0.717) is 11.9 Å². The van der Waals surface area contributed by atoms with Crippen molar-refractivity contribution in [3.63, 3.8) is 0 Å². The van der Waals surface area contributed by atoms with Crippen molar-refractivity contribution in [2.75, 3.05) is 37.4 Å². The molecule has 0 aromatic carbocycles. The van der Waals surface area contributed by atoms with Crippen molar-refractivity contribution in [1.29, 1.82) is 0 Å². The fraction of sp³-hybridized carbons (Fsp3) is 0.688. The second-order valence-corrected chi connectivity index (χ2v) is 6.32. The highest BCUT2D eigenvalue weighted by Crippen LogP contribution is 2.23. The zero-order valence-corrected chi connectivity index (χ0v) is 13.0. The Balaban J connectivity index is 1.61. The van der Waals surface area contributed by atoms with E-state index < -0.39 is 0 Å². The molecule has 0 bridgehead atoms. The zero-order valence-electron chi connectivity index (χ0n) is 13.0. The molecule has 2 aliphatic rings. The number of anilines is 2. The van der Waals surface area contributed by atoms with Crippen LogP contribution >= 0.6 is 0 Å². The molecule has 1 aliphatic heterocycles. The minimum Gasteiger partial charge on any atom is -0.393 e. The summed E-state index contributed by atoms with van der Waals surface area (Å²) >= 11 is 0. The molecular formula is C16H26N4O2. The first kappa shape index (κ1) is 15.5. The third-order valence-electron chi connectivity index (χ3n) is 4.46. The summed E-state index contributed by atoms with van der Waals surface area (Å²) in [5.41, 5.74) is 7.15. The highest BCUT2D eigenvalue weighted by Gasteiger charge is 2.20. The third kappa shape index (κ3) is 4.32. The maximum absolute atomic E-state index is 9.58. The predicted molar refractivity (Wildman–Crippen MR) is 86.6 cm³/mol. The molecule has 1 aromatic heterocycles. The van der Waals surface area contributed by atoms with Crippen LogP contribution in [0.1, 0.15) is 31.2 Å². The number of pyridine rings is 1. The first-order chi connectivity index (χ1) is 10.7. The molecule has 0 spiro atoms. The van der Waals surface area contributed by atoms with Gasteiger partial charge in [0.15, 0.2) is 0 Å². The summed E-state index contributed by atoms with van der Waals surface area (Å²) in [5, 5.41) is 13.1. The van der Waals surface area contributed by atoms with Gasteiger partial charge in [-0.3, -0.25) is 4.90 Å². The summed E-state index contributed by atoms with van der Waals surface area (Å²) in [7, 11) is 0. The van der Waals surface area contributed by atoms with Gasteiger partial charge in [-0.15, -0.1) is 0 Å². The second kappa shape index (κ2) is 7.26. The largest absolute Gasteiger partial charge is 0.393 e. The Hall–Kier alpha value is -1.37. The van der Waals surface area contributed by atoms with E-state index in [2.05, 4.69) is 21.3 Å². The summed E-state index contributed by atoms with van der Waals surface area (Å²) in [4.78, 5) is 6.78. The highest BCUT2D eigenvalue weighted by molar-refractivity contribution is 5.47. The van der Waals surface area contributed by atoms with Crippen molar-refractivity contribution in [2.24, 2.45) is 0 Å². The van der Waals surface area contributed by atoms with E-state index in [4.69, 9.17) is 10.5 Å². The van der Waals surface area contributed by atoms with Crippen molar-refractivity contribution in [3.8, 4) is 0 Å². The predicted octanol–water partition coefficient (Wildman–Crippen LogP) is 1.21. The quantitative estimate of drug-likeness (QED) is 0.775. The lowest BCUT2D eigenvalue weighted by Gasteiger charge is -2.28. The van der Waals surface area contributed by atoms with E-state index in [9.17, 15) is 5.11 Å². The van der Waals surface area contributed by atoms with Crippen LogP contribution in [-0.2, 0) is 11.3 Å². The summed E-state index contributed by atoms with van der Waals surface area (Å²) in [5.74, 6) is 1.41. The van der Waals surface area contributed by atoms with Gasteiger partial charge in [0.1, 0.15) is 11.6 Å². The number of hydrogen-bond acceptors (Lipinski definition) is 6. The SMILES string of the molecule is Nc1cc(CN2CCOCC2)cc(NC2CCC(O)CC2)n1. The lowest BCUT2D eigenvalue weighted by atomic mass is 9.93. The molecule has 0 unspecified atom stereocenters. The van der Waals surface area contributed by atoms with Crippen LogP contribution in [0.3, 0.4) is 0 Å². The lowest BCUT2D eigenvalue weighted by Crippen LogP contribution is -2.35. The number of ether oxygens (including phenoxy) is 1. The molecule has 2 fully saturated rings. The van der Waals surface area contributed by atoms with Crippen molar-refractivity contribution in [3.05, 3.63) is 17.7 Å². The fourth-order valence-corrected chi connectivity index (χ4v) is 3.22. The Bertz CT molecular complexity index is 483. The van der Waals surface area contributed by atoms with Crippen LogP contribution in [0.15, 0.2) is 12.1 Å². The molecule has 1 saturated carbocycles. The number of hydrogen-bond donors (Lipinski definition) is 3. The molecule has 2 heterocycles. The maximum Gasteiger partial charge on any atom is 0.128 e. The van der Waals surface area contributed by atoms with Crippen molar-refractivity contribution < 1.29 is 9.84 Å². The smallest absolute Gasteiger partial charge is 0.128 e. The second-order valence-electron chi connectivity index (χ2n) is 6.32. The molecular weight excluding hydrogens is 280 g/mol. The molecule has 0 atom stereocenters. The third-order valence-corrected chi connectivity index (χ3v) is 4.46. The van der Waals surface area contributed by atoms with Crippen LogP contribution in [0.25, 0.3) is 0 Å². The lowest BCUT2D eigenvalue weighted by molar-refractivity contribution is 0.0342. The van der Waals surface area contributed by atoms with Gasteiger partial charge in [-0.2, -0.15) is 0 Å². The van der Waals surface area contributed by atoms with Gasteiger partial charge in [0, 0.05) is 25.7 Å². The number of nitrogens with one attached hydrogen (secondary N) is 1. The van der Waals surface area contributed by atoms with Gasteiger partial charge in [0.2, 0.25) is 0 Å². The van der Waals surface area contributed by atoms with Gasteiger partial charge in [-0.05, 0) is 43.4 Å². The van der Waals surface area contributed by atoms with Crippen molar-refractivity contribution >= 4 is 11.6 Å². The van der Waals surface area contributed by atoms with Crippen molar-refractivity contribution in [1.82, 2.24) is 9.88 Å². The van der Waals surface area contributed by atoms with Crippen LogP contribution < -0.4 is 11.1 Å². The summed E-state index contributed by atoms with van der Waals surface area (Å²) < 4.78 is 5.38. The maximum atomic E-state index is 9.58. The molecule has 122 valence electrons. The molecule has 6 nitrogen and oxygen atoms in total. The Morgan fingerprint density at radius 1 is 1.23 bits per heavy atom. The van der Waals surface area contributed by atoms with E-state index in [1.165, 1.54) is 5.56 Å². The number of aliphatic hydroxyl groups excluding tert-OH is 1. The van der Waals surface area contributed by atoms with Gasteiger partial charge in [-0.1, -0.05) is 0 Å². The van der Waals surface area contributed by atoms with Crippen LogP contribution in [0, 0.1) is 0 Å². The fourth-order valence-electron chi connectivity index (χ4n) is 3.22. The molecule has 6 heteroatoms. The van der Waals surface area contributed by atoms with E-state index in [1.807, 2.05) is 6.07 Å². The Morgan fingerprint density at radius 3 is 2.68 bits per heavy atom. The summed E-state index contributed by atoms with van der Waals surface area (Å²) in [6.45, 7) is 4.41. The van der Waals surface area contributed by atoms with Gasteiger partial charge >= 0.3 is 0 Å². The molecule has 3 rings (SSSR count). The van der Waals surface area contributed by atoms with Crippen molar-refractivity contribution in [2.45, 2.75) is 44.4 Å². The molecule has 0 radical (unpaired) electrons. The summed E-state index contributed by atoms with van der Waals surface area (Å²) in [6.07, 6.45) is 3.55. The normalized spacial score (nSPS) is 26.8. The van der Waals surface area contributed by atoms with E-state index in [0.717, 1.165) is 64.3 Å². The molecule has 0 amide bonds. The van der Waals surface area contributed by atoms with E-state index in [-0.39, 0.29) is 6.10 Å². The number of nitrogens with zero attached hydrogens (tertiary/aromatic N) is 2. The minimum absolute atomic E-state index is 0.135. The number of nitrogens with two attached hydrogens (primary N) is 1. The first-order valence-corrected chi connectivity index (χ1v) is 8.20. The molecule has 4 N–H and O–H groups in total. The van der Waals surface area contributed by atoms with Crippen LogP contribution in [0.4, 0.5) is 11.6 Å². The number of morpholine rings is 1. The molecule has 22 heavy (non-hydrogen) atoms. The van der Waals surface area contributed by atoms with Crippen LogP contribution in [-0.4, -0.2) is 53.4 Å². The average molecular weight is 306 g/mol. The van der Waals surface area contributed by atoms with Gasteiger partial charge in [0.25, 0.3) is 0 Å². The van der Waals surface area contributed by atoms with Gasteiger partial charge < -0.3 is 20.9 Å². The molecule has 1 aromatic rings. The van der Waals surface area contributed by atoms with Crippen LogP contribution in [0.2, 0.25) is 0 Å². The number of aliphatic hydroxyl groups is 1. The first-order valence-electron chi connectivity index (χ1n) is 8.20. The number of nitrogen functional groups attached to an aromatic ring is 1. The van der Waals surface area contributed by atoms with E-state index in [1.54, 1.807) is 0 Å². The Kier molecular flexibility index (Phi) is 5.12. The number of aromatic nitrogens is 1. The summed E-state index contributed by atoms with van der Waals surface area (Å²) in [6, 6.07) is 4.43. The topological polar surface area (TPSA) is 83.6 Å². The standard InChI is InChI=1S/C16H26N4O2/c17-15-9-12(11-20-5-7-22-8-6-20)10-16(19-15)18-13-1-3-14(21)4-2-13/h9-10,13-14,21H,1-8,11H2,(H3,17,18,19). The number of rotatable bonds is 4. The molecule has 1 saturated heterocycles. The molecule has 1 aliphatic carbocycles. The van der Waals surface area contributed by atoms with Gasteiger partial charge in [0.05, 0.1) is 19.3 Å².